The van der Waals surface area contributed by atoms with Crippen LogP contribution in [0, 0.1) is 0 Å². The minimum Gasteiger partial charge on any atom is -0.322 e. The van der Waals surface area contributed by atoms with Gasteiger partial charge in [-0.1, -0.05) is 19.4 Å². The van der Waals surface area contributed by atoms with E-state index in [0.717, 1.165) is 12.8 Å². The first kappa shape index (κ1) is 22.0. The maximum Gasteiger partial charge on any atom is 0.255 e. The highest BCUT2D eigenvalue weighted by Gasteiger charge is 2.15. The highest BCUT2D eigenvalue weighted by atomic mass is 32.2. The van der Waals surface area contributed by atoms with E-state index in [1.54, 1.807) is 6.07 Å². The van der Waals surface area contributed by atoms with E-state index in [1.807, 2.05) is 6.92 Å². The van der Waals surface area contributed by atoms with Crippen molar-refractivity contribution in [1.82, 2.24) is 9.44 Å². The number of anilines is 1. The first-order chi connectivity index (χ1) is 13.2. The van der Waals surface area contributed by atoms with E-state index in [9.17, 15) is 21.6 Å². The maximum absolute atomic E-state index is 12.4. The van der Waals surface area contributed by atoms with Crippen molar-refractivity contribution >= 4 is 31.6 Å². The Kier molecular flexibility index (Phi) is 7.30. The molecule has 1 amide bonds. The fraction of sp³-hybridized carbons (Fsp3) is 0.278. The molecule has 0 radical (unpaired) electrons. The highest BCUT2D eigenvalue weighted by molar-refractivity contribution is 7.89. The number of carbonyl (C=O) groups excluding carboxylic acids is 1. The van der Waals surface area contributed by atoms with Gasteiger partial charge in [-0.25, -0.2) is 26.3 Å². The summed E-state index contributed by atoms with van der Waals surface area (Å²) in [6, 6.07) is 11.3. The lowest BCUT2D eigenvalue weighted by Crippen LogP contribution is -2.24. The normalized spacial score (nSPS) is 11.9. The van der Waals surface area contributed by atoms with Crippen LogP contribution in [0.5, 0.6) is 0 Å². The van der Waals surface area contributed by atoms with Crippen LogP contribution in [0.3, 0.4) is 0 Å². The van der Waals surface area contributed by atoms with Gasteiger partial charge in [0, 0.05) is 17.8 Å². The average molecular weight is 426 g/mol. The van der Waals surface area contributed by atoms with Gasteiger partial charge in [0.05, 0.1) is 9.79 Å². The Morgan fingerprint density at radius 1 is 0.929 bits per heavy atom. The molecule has 0 aliphatic rings. The van der Waals surface area contributed by atoms with Crippen molar-refractivity contribution in [3.8, 4) is 0 Å². The Morgan fingerprint density at radius 3 is 2.21 bits per heavy atom. The first-order valence-electron chi connectivity index (χ1n) is 8.64. The van der Waals surface area contributed by atoms with E-state index in [0.29, 0.717) is 12.2 Å². The molecule has 3 N–H and O–H groups in total. The van der Waals surface area contributed by atoms with E-state index in [1.165, 1.54) is 49.5 Å². The Bertz CT molecular complexity index is 1030. The first-order valence-corrected chi connectivity index (χ1v) is 11.6. The van der Waals surface area contributed by atoms with Crippen LogP contribution >= 0.6 is 0 Å². The summed E-state index contributed by atoms with van der Waals surface area (Å²) in [5, 5.41) is 2.61. The molecule has 8 nitrogen and oxygen atoms in total. The van der Waals surface area contributed by atoms with Crippen LogP contribution in [0.1, 0.15) is 30.1 Å². The van der Waals surface area contributed by atoms with Gasteiger partial charge in [0.25, 0.3) is 5.91 Å². The molecule has 0 saturated carbocycles. The van der Waals surface area contributed by atoms with E-state index < -0.39 is 26.0 Å². The molecule has 0 saturated heterocycles. The van der Waals surface area contributed by atoms with Crippen molar-refractivity contribution in [2.45, 2.75) is 29.6 Å². The summed E-state index contributed by atoms with van der Waals surface area (Å²) in [4.78, 5) is 12.5. The fourth-order valence-electron chi connectivity index (χ4n) is 2.31. The lowest BCUT2D eigenvalue weighted by atomic mass is 10.2. The van der Waals surface area contributed by atoms with Crippen molar-refractivity contribution < 1.29 is 21.6 Å². The summed E-state index contributed by atoms with van der Waals surface area (Å²) in [6.45, 7) is 2.31. The Balaban J connectivity index is 2.14. The number of unbranched alkanes of at least 4 members (excludes halogenated alkanes) is 1. The second-order valence-corrected chi connectivity index (χ2v) is 9.62. The molecule has 0 spiro atoms. The van der Waals surface area contributed by atoms with E-state index >= 15 is 0 Å². The van der Waals surface area contributed by atoms with Gasteiger partial charge in [0.15, 0.2) is 0 Å². The van der Waals surface area contributed by atoms with Crippen LogP contribution in [0.15, 0.2) is 58.3 Å². The minimum absolute atomic E-state index is 0.0396. The van der Waals surface area contributed by atoms with E-state index in [2.05, 4.69) is 14.8 Å². The van der Waals surface area contributed by atoms with Gasteiger partial charge in [-0.15, -0.1) is 0 Å². The van der Waals surface area contributed by atoms with E-state index in [-0.39, 0.29) is 15.4 Å². The van der Waals surface area contributed by atoms with Crippen molar-refractivity contribution in [3.63, 3.8) is 0 Å². The van der Waals surface area contributed by atoms with Crippen LogP contribution in [0.2, 0.25) is 0 Å². The molecule has 10 heteroatoms. The number of rotatable bonds is 9. The molecule has 152 valence electrons. The molecular formula is C18H23N3O5S2. The second kappa shape index (κ2) is 9.28. The predicted octanol–water partition coefficient (Wildman–Crippen LogP) is 1.93. The van der Waals surface area contributed by atoms with Gasteiger partial charge < -0.3 is 5.32 Å². The lowest BCUT2D eigenvalue weighted by molar-refractivity contribution is 0.102. The van der Waals surface area contributed by atoms with Crippen LogP contribution in [0.25, 0.3) is 0 Å². The second-order valence-electron chi connectivity index (χ2n) is 5.97. The van der Waals surface area contributed by atoms with Crippen LogP contribution in [-0.4, -0.2) is 36.3 Å². The lowest BCUT2D eigenvalue weighted by Gasteiger charge is -2.10. The molecule has 28 heavy (non-hydrogen) atoms. The molecule has 0 aromatic heterocycles. The van der Waals surface area contributed by atoms with E-state index in [4.69, 9.17) is 0 Å². The number of hydrogen-bond acceptors (Lipinski definition) is 5. The zero-order valence-electron chi connectivity index (χ0n) is 15.6. The summed E-state index contributed by atoms with van der Waals surface area (Å²) in [5.74, 6) is -0.484. The molecule has 0 aliphatic heterocycles. The van der Waals surface area contributed by atoms with Crippen molar-refractivity contribution in [2.24, 2.45) is 0 Å². The molecule has 0 atom stereocenters. The molecular weight excluding hydrogens is 402 g/mol. The quantitative estimate of drug-likeness (QED) is 0.530. The molecule has 2 rings (SSSR count). The van der Waals surface area contributed by atoms with Crippen molar-refractivity contribution in [1.29, 1.82) is 0 Å². The van der Waals surface area contributed by atoms with Gasteiger partial charge in [-0.3, -0.25) is 4.79 Å². The van der Waals surface area contributed by atoms with Gasteiger partial charge >= 0.3 is 0 Å². The highest BCUT2D eigenvalue weighted by Crippen LogP contribution is 2.17. The molecule has 2 aromatic carbocycles. The largest absolute Gasteiger partial charge is 0.322 e. The van der Waals surface area contributed by atoms with Gasteiger partial charge in [0.2, 0.25) is 20.0 Å². The third-order valence-electron chi connectivity index (χ3n) is 3.92. The number of amides is 1. The monoisotopic (exact) mass is 425 g/mol. The third kappa shape index (κ3) is 5.61. The third-order valence-corrected chi connectivity index (χ3v) is 6.81. The summed E-state index contributed by atoms with van der Waals surface area (Å²) < 4.78 is 52.7. The zero-order valence-corrected chi connectivity index (χ0v) is 17.2. The number of sulfonamides is 2. The molecule has 0 fully saturated rings. The van der Waals surface area contributed by atoms with Gasteiger partial charge in [0.1, 0.15) is 0 Å². The summed E-state index contributed by atoms with van der Waals surface area (Å²) in [6.07, 6.45) is 1.60. The number of nitrogens with one attached hydrogen (secondary N) is 3. The molecule has 0 aliphatic carbocycles. The van der Waals surface area contributed by atoms with Crippen LogP contribution in [0.4, 0.5) is 5.69 Å². The SMILES string of the molecule is CCCCNS(=O)(=O)c1cccc(NC(=O)c2ccc(S(=O)(=O)NC)cc2)c1. The number of benzene rings is 2. The number of carbonyl (C=O) groups is 1. The predicted molar refractivity (Wildman–Crippen MR) is 107 cm³/mol. The topological polar surface area (TPSA) is 121 Å². The molecule has 0 bridgehead atoms. The standard InChI is InChI=1S/C18H23N3O5S2/c1-3-4-12-20-28(25,26)17-7-5-6-15(13-17)21-18(22)14-8-10-16(11-9-14)27(23,24)19-2/h5-11,13,19-20H,3-4,12H2,1-2H3,(H,21,22). The summed E-state index contributed by atoms with van der Waals surface area (Å²) in [7, 11) is -5.94. The van der Waals surface area contributed by atoms with Gasteiger partial charge in [-0.05, 0) is 55.9 Å². The fourth-order valence-corrected chi connectivity index (χ4v) is 4.16. The smallest absolute Gasteiger partial charge is 0.255 e. The Labute approximate surface area is 165 Å². The maximum atomic E-state index is 12.4. The molecule has 2 aromatic rings. The van der Waals surface area contributed by atoms with Crippen molar-refractivity contribution in [3.05, 3.63) is 54.1 Å². The van der Waals surface area contributed by atoms with Crippen LogP contribution in [-0.2, 0) is 20.0 Å². The summed E-state index contributed by atoms with van der Waals surface area (Å²) >= 11 is 0. The average Bonchev–Trinajstić information content (AvgIpc) is 2.68. The van der Waals surface area contributed by atoms with Gasteiger partial charge in [-0.2, -0.15) is 0 Å². The Hall–Kier alpha value is -2.27. The zero-order chi connectivity index (χ0) is 20.8. The number of hydrogen-bond donors (Lipinski definition) is 3. The van der Waals surface area contributed by atoms with Crippen molar-refractivity contribution in [2.75, 3.05) is 18.9 Å². The summed E-state index contributed by atoms with van der Waals surface area (Å²) in [5.41, 5.74) is 0.555. The molecule has 0 heterocycles. The minimum atomic E-state index is -3.66. The molecule has 0 unspecified atom stereocenters. The van der Waals surface area contributed by atoms with Crippen LogP contribution < -0.4 is 14.8 Å². The Morgan fingerprint density at radius 2 is 1.61 bits per heavy atom.